The van der Waals surface area contributed by atoms with E-state index in [1.165, 1.54) is 0 Å². The maximum Gasteiger partial charge on any atom is 0.317 e. The lowest BCUT2D eigenvalue weighted by Gasteiger charge is -2.32. The highest BCUT2D eigenvalue weighted by atomic mass is 16.4. The zero-order valence-electron chi connectivity index (χ0n) is 31.2. The van der Waals surface area contributed by atoms with Crippen molar-refractivity contribution in [3.8, 4) is 0 Å². The number of unbranched alkanes of at least 4 members (excludes halogenated alkanes) is 1. The van der Waals surface area contributed by atoms with Crippen molar-refractivity contribution >= 4 is 35.9 Å². The van der Waals surface area contributed by atoms with E-state index in [4.69, 9.17) is 5.11 Å². The topological polar surface area (TPSA) is 215 Å². The highest BCUT2D eigenvalue weighted by molar-refractivity contribution is 5.78. The van der Waals surface area contributed by atoms with Crippen LogP contribution in [0.2, 0.25) is 0 Å². The summed E-state index contributed by atoms with van der Waals surface area (Å²) >= 11 is 0. The van der Waals surface area contributed by atoms with E-state index in [0.717, 1.165) is 19.8 Å². The Morgan fingerprint density at radius 3 is 1.44 bits per heavy atom. The molecule has 6 N–H and O–H groups in total. The van der Waals surface area contributed by atoms with Crippen LogP contribution in [0.1, 0.15) is 52.9 Å². The maximum atomic E-state index is 12.7. The summed E-state index contributed by atoms with van der Waals surface area (Å²) in [6, 6.07) is 0. The molecular formula is C33H66N8O9. The van der Waals surface area contributed by atoms with Gasteiger partial charge in [0.25, 0.3) is 0 Å². The number of aliphatic hydroxyl groups excluding tert-OH is 1. The Kier molecular flexibility index (Phi) is 32.2. The summed E-state index contributed by atoms with van der Waals surface area (Å²) in [6.45, 7) is 12.2. The number of likely N-dealkylation sites (N-methyl/N-ethyl adjacent to an activating group) is 1. The molecule has 1 aliphatic rings. The maximum absolute atomic E-state index is 12.7. The summed E-state index contributed by atoms with van der Waals surface area (Å²) in [5.74, 6) is -2.13. The monoisotopic (exact) mass is 718 g/mol. The second kappa shape index (κ2) is 33.0. The first kappa shape index (κ1) is 48.9. The number of nitrogens with one attached hydrogen (secondary N) is 3. The molecule has 0 aromatic heterocycles. The van der Waals surface area contributed by atoms with Gasteiger partial charge in [-0.25, -0.2) is 0 Å². The predicted molar refractivity (Wildman–Crippen MR) is 192 cm³/mol. The molecule has 1 fully saturated rings. The van der Waals surface area contributed by atoms with Crippen LogP contribution in [-0.4, -0.2) is 201 Å². The van der Waals surface area contributed by atoms with E-state index in [0.29, 0.717) is 111 Å². The van der Waals surface area contributed by atoms with E-state index in [1.54, 1.807) is 9.80 Å². The van der Waals surface area contributed by atoms with Gasteiger partial charge >= 0.3 is 11.9 Å². The first-order valence-electron chi connectivity index (χ1n) is 17.7. The third-order valence-corrected chi connectivity index (χ3v) is 7.61. The van der Waals surface area contributed by atoms with Crippen LogP contribution in [0.3, 0.4) is 0 Å². The Morgan fingerprint density at radius 2 is 1.02 bits per heavy atom. The van der Waals surface area contributed by atoms with Gasteiger partial charge in [-0.1, -0.05) is 20.8 Å². The number of aldehydes is 1. The third-order valence-electron chi connectivity index (χ3n) is 7.61. The van der Waals surface area contributed by atoms with Crippen molar-refractivity contribution in [1.82, 2.24) is 40.4 Å². The van der Waals surface area contributed by atoms with Crippen molar-refractivity contribution in [3.63, 3.8) is 0 Å². The molecule has 1 rings (SSSR count). The SMILES string of the molecule is CC.CCCC(=O)NCCN(C)CCNC(=O)CCCCNC(=O)CN1CCN(CC=O)CCN(CC(=O)O)CCN(CC(=O)O)CC1.CO. The van der Waals surface area contributed by atoms with E-state index >= 15 is 0 Å². The van der Waals surface area contributed by atoms with E-state index in [9.17, 15) is 39.0 Å². The number of carboxylic acids is 2. The average Bonchev–Trinajstić information content (AvgIpc) is 3.07. The number of aliphatic carboxylic acids is 2. The fraction of sp³-hybridized carbons (Fsp3) is 0.818. The van der Waals surface area contributed by atoms with Crippen molar-refractivity contribution in [2.24, 2.45) is 0 Å². The fourth-order valence-electron chi connectivity index (χ4n) is 4.91. The van der Waals surface area contributed by atoms with Crippen LogP contribution in [0.25, 0.3) is 0 Å². The minimum atomic E-state index is -0.983. The van der Waals surface area contributed by atoms with Crippen LogP contribution < -0.4 is 16.0 Å². The number of amides is 3. The van der Waals surface area contributed by atoms with Gasteiger partial charge in [0, 0.05) is 105 Å². The van der Waals surface area contributed by atoms with Gasteiger partial charge in [-0.3, -0.25) is 43.6 Å². The molecule has 0 aromatic carbocycles. The van der Waals surface area contributed by atoms with Gasteiger partial charge in [-0.15, -0.1) is 0 Å². The van der Waals surface area contributed by atoms with E-state index in [-0.39, 0.29) is 43.9 Å². The highest BCUT2D eigenvalue weighted by Crippen LogP contribution is 2.01. The molecule has 17 heteroatoms. The normalized spacial score (nSPS) is 15.2. The molecule has 0 aliphatic carbocycles. The van der Waals surface area contributed by atoms with Gasteiger partial charge in [0.2, 0.25) is 17.7 Å². The number of carbonyl (C=O) groups excluding carboxylic acids is 4. The van der Waals surface area contributed by atoms with Crippen LogP contribution in [0, 0.1) is 0 Å². The Bertz CT molecular complexity index is 945. The third kappa shape index (κ3) is 28.6. The number of rotatable bonds is 21. The number of hydrogen-bond acceptors (Lipinski definition) is 12. The Hall–Kier alpha value is -3.22. The van der Waals surface area contributed by atoms with Crippen LogP contribution in [0.4, 0.5) is 0 Å². The van der Waals surface area contributed by atoms with Gasteiger partial charge in [0.15, 0.2) is 0 Å². The molecule has 0 bridgehead atoms. The second-order valence-electron chi connectivity index (χ2n) is 11.6. The van der Waals surface area contributed by atoms with Gasteiger partial charge in [0.05, 0.1) is 26.2 Å². The summed E-state index contributed by atoms with van der Waals surface area (Å²) in [7, 11) is 2.93. The molecule has 0 saturated carbocycles. The zero-order valence-corrected chi connectivity index (χ0v) is 31.2. The van der Waals surface area contributed by atoms with Crippen molar-refractivity contribution < 1.29 is 44.1 Å². The zero-order chi connectivity index (χ0) is 38.2. The van der Waals surface area contributed by atoms with Gasteiger partial charge < -0.3 is 41.0 Å². The molecule has 0 unspecified atom stereocenters. The molecule has 1 heterocycles. The van der Waals surface area contributed by atoms with Crippen LogP contribution in [-0.2, 0) is 28.8 Å². The first-order chi connectivity index (χ1) is 24.0. The minimum absolute atomic E-state index is 0.0489. The predicted octanol–water partition coefficient (Wildman–Crippen LogP) is -1.54. The molecule has 1 saturated heterocycles. The van der Waals surface area contributed by atoms with E-state index in [1.807, 2.05) is 42.5 Å². The molecule has 3 amide bonds. The minimum Gasteiger partial charge on any atom is -0.480 e. The molecular weight excluding hydrogens is 652 g/mol. The lowest BCUT2D eigenvalue weighted by Crippen LogP contribution is -2.49. The molecule has 17 nitrogen and oxygen atoms in total. The summed E-state index contributed by atoms with van der Waals surface area (Å²) in [5.41, 5.74) is 0. The lowest BCUT2D eigenvalue weighted by atomic mass is 10.2. The summed E-state index contributed by atoms with van der Waals surface area (Å²) in [4.78, 5) is 79.8. The Balaban J connectivity index is 0. The largest absolute Gasteiger partial charge is 0.480 e. The number of hydrogen-bond donors (Lipinski definition) is 6. The average molecular weight is 719 g/mol. The smallest absolute Gasteiger partial charge is 0.317 e. The number of aliphatic hydroxyl groups is 1. The summed E-state index contributed by atoms with van der Waals surface area (Å²) in [6.07, 6.45) is 3.77. The van der Waals surface area contributed by atoms with Gasteiger partial charge in [-0.05, 0) is 26.3 Å². The van der Waals surface area contributed by atoms with Gasteiger partial charge in [-0.2, -0.15) is 0 Å². The van der Waals surface area contributed by atoms with Crippen LogP contribution >= 0.6 is 0 Å². The number of nitrogens with zero attached hydrogens (tertiary/aromatic N) is 5. The summed E-state index contributed by atoms with van der Waals surface area (Å²) in [5, 5.41) is 34.3. The second-order valence-corrected chi connectivity index (χ2v) is 11.6. The molecule has 0 radical (unpaired) electrons. The molecule has 0 atom stereocenters. The molecule has 0 aromatic rings. The molecule has 0 spiro atoms. The first-order valence-corrected chi connectivity index (χ1v) is 17.7. The molecule has 292 valence electrons. The quantitative estimate of drug-likeness (QED) is 0.0587. The number of carbonyl (C=O) groups is 6. The van der Waals surface area contributed by atoms with Crippen molar-refractivity contribution in [3.05, 3.63) is 0 Å². The fourth-order valence-corrected chi connectivity index (χ4v) is 4.91. The highest BCUT2D eigenvalue weighted by Gasteiger charge is 2.20. The molecule has 1 aliphatic heterocycles. The van der Waals surface area contributed by atoms with Crippen molar-refractivity contribution in [2.75, 3.05) is 125 Å². The van der Waals surface area contributed by atoms with Crippen molar-refractivity contribution in [2.45, 2.75) is 52.9 Å². The summed E-state index contributed by atoms with van der Waals surface area (Å²) < 4.78 is 0. The number of carboxylic acid groups (broad SMARTS) is 2. The molecule has 50 heavy (non-hydrogen) atoms. The lowest BCUT2D eigenvalue weighted by molar-refractivity contribution is -0.140. The Labute approximate surface area is 298 Å². The van der Waals surface area contributed by atoms with Gasteiger partial charge in [0.1, 0.15) is 6.29 Å². The van der Waals surface area contributed by atoms with E-state index < -0.39 is 11.9 Å². The van der Waals surface area contributed by atoms with Crippen LogP contribution in [0.5, 0.6) is 0 Å². The van der Waals surface area contributed by atoms with E-state index in [2.05, 4.69) is 16.0 Å². The standard InChI is InChI=1S/C30H56N8O8.C2H6.CH4O/c1-3-6-26(40)32-9-11-34(2)12-10-33-27(41)7-4-5-8-31-28(42)23-36-15-13-35(21-22-39)14-16-37(24-29(43)44)19-20-38(18-17-36)25-30(45)46;2*1-2/h22H,3-21,23-25H2,1-2H3,(H,31,42)(H,32,40)(H,33,41)(H,43,44)(H,45,46);1-2H3;2H,1H3. The Morgan fingerprint density at radius 1 is 0.620 bits per heavy atom. The van der Waals surface area contributed by atoms with Crippen LogP contribution in [0.15, 0.2) is 0 Å². The van der Waals surface area contributed by atoms with Crippen molar-refractivity contribution in [1.29, 1.82) is 0 Å².